The highest BCUT2D eigenvalue weighted by Gasteiger charge is 2.30. The van der Waals surface area contributed by atoms with Gasteiger partial charge in [-0.05, 0) is 42.2 Å². The van der Waals surface area contributed by atoms with Crippen molar-refractivity contribution in [2.24, 2.45) is 0 Å². The maximum atomic E-state index is 13.1. The molecule has 6 nitrogen and oxygen atoms in total. The fourth-order valence-electron chi connectivity index (χ4n) is 4.01. The fraction of sp³-hybridized carbons (Fsp3) is 0.381. The van der Waals surface area contributed by atoms with Crippen molar-refractivity contribution in [2.75, 3.05) is 33.4 Å². The van der Waals surface area contributed by atoms with Crippen molar-refractivity contribution in [2.45, 2.75) is 23.8 Å². The number of ether oxygens (including phenoxy) is 1. The van der Waals surface area contributed by atoms with Crippen molar-refractivity contribution in [3.8, 4) is 0 Å². The zero-order chi connectivity index (χ0) is 19.7. The van der Waals surface area contributed by atoms with Gasteiger partial charge < -0.3 is 9.64 Å². The third kappa shape index (κ3) is 3.45. The second-order valence-electron chi connectivity index (χ2n) is 7.21. The van der Waals surface area contributed by atoms with E-state index in [0.717, 1.165) is 12.8 Å². The summed E-state index contributed by atoms with van der Waals surface area (Å²) in [6, 6.07) is 14.5. The van der Waals surface area contributed by atoms with Gasteiger partial charge in [0.2, 0.25) is 10.0 Å². The Morgan fingerprint density at radius 3 is 2.64 bits per heavy atom. The molecule has 148 valence electrons. The molecule has 2 aromatic carbocycles. The van der Waals surface area contributed by atoms with Gasteiger partial charge >= 0.3 is 0 Å². The van der Waals surface area contributed by atoms with Crippen LogP contribution in [0, 0.1) is 0 Å². The molecular formula is C21H24N2O4S. The van der Waals surface area contributed by atoms with Crippen molar-refractivity contribution < 1.29 is 17.9 Å². The Kier molecular flexibility index (Phi) is 5.23. The van der Waals surface area contributed by atoms with Crippen LogP contribution in [0.4, 0.5) is 0 Å². The summed E-state index contributed by atoms with van der Waals surface area (Å²) < 4.78 is 32.5. The van der Waals surface area contributed by atoms with Crippen LogP contribution in [-0.2, 0) is 21.2 Å². The molecule has 2 aromatic rings. The van der Waals surface area contributed by atoms with E-state index in [4.69, 9.17) is 4.74 Å². The molecule has 7 heteroatoms. The maximum absolute atomic E-state index is 13.1. The number of morpholine rings is 1. The van der Waals surface area contributed by atoms with Gasteiger partial charge in [-0.15, -0.1) is 0 Å². The lowest BCUT2D eigenvalue weighted by Crippen LogP contribution is -2.40. The topological polar surface area (TPSA) is 66.9 Å². The summed E-state index contributed by atoms with van der Waals surface area (Å²) in [5, 5.41) is 0. The normalized spacial score (nSPS) is 20.0. The summed E-state index contributed by atoms with van der Waals surface area (Å²) in [5.41, 5.74) is 2.84. The van der Waals surface area contributed by atoms with E-state index in [1.165, 1.54) is 21.5 Å². The van der Waals surface area contributed by atoms with Crippen molar-refractivity contribution in [3.05, 3.63) is 65.2 Å². The van der Waals surface area contributed by atoms with E-state index in [-0.39, 0.29) is 16.8 Å². The molecule has 0 N–H and O–H groups in total. The van der Waals surface area contributed by atoms with Crippen LogP contribution in [0.15, 0.2) is 53.4 Å². The minimum absolute atomic E-state index is 0.0169. The molecule has 1 heterocycles. The molecule has 1 aliphatic heterocycles. The first-order valence-corrected chi connectivity index (χ1v) is 11.0. The first kappa shape index (κ1) is 19.1. The first-order chi connectivity index (χ1) is 13.5. The molecule has 1 saturated heterocycles. The lowest BCUT2D eigenvalue weighted by atomic mass is 10.1. The summed E-state index contributed by atoms with van der Waals surface area (Å²) in [7, 11) is -1.84. The fourth-order valence-corrected chi connectivity index (χ4v) is 5.46. The Bertz CT molecular complexity index is 983. The zero-order valence-corrected chi connectivity index (χ0v) is 16.7. The van der Waals surface area contributed by atoms with Crippen molar-refractivity contribution >= 4 is 15.9 Å². The number of amides is 1. The second-order valence-corrected chi connectivity index (χ2v) is 9.15. The monoisotopic (exact) mass is 400 g/mol. The zero-order valence-electron chi connectivity index (χ0n) is 15.9. The Labute approximate surface area is 165 Å². The van der Waals surface area contributed by atoms with Crippen LogP contribution < -0.4 is 0 Å². The lowest BCUT2D eigenvalue weighted by Gasteiger charge is -2.27. The summed E-state index contributed by atoms with van der Waals surface area (Å²) in [4.78, 5) is 15.0. The smallest absolute Gasteiger partial charge is 0.254 e. The largest absolute Gasteiger partial charge is 0.379 e. The Morgan fingerprint density at radius 2 is 1.86 bits per heavy atom. The Hall–Kier alpha value is -2.22. The number of carbonyl (C=O) groups is 1. The van der Waals surface area contributed by atoms with E-state index in [2.05, 4.69) is 12.1 Å². The highest BCUT2D eigenvalue weighted by molar-refractivity contribution is 7.89. The number of rotatable bonds is 4. The van der Waals surface area contributed by atoms with Crippen LogP contribution >= 0.6 is 0 Å². The van der Waals surface area contributed by atoms with Crippen LogP contribution in [0.5, 0.6) is 0 Å². The molecule has 0 saturated carbocycles. The number of sulfonamides is 1. The predicted octanol–water partition coefficient (Wildman–Crippen LogP) is 2.47. The maximum Gasteiger partial charge on any atom is 0.254 e. The first-order valence-electron chi connectivity index (χ1n) is 9.51. The van der Waals surface area contributed by atoms with E-state index in [9.17, 15) is 13.2 Å². The third-order valence-electron chi connectivity index (χ3n) is 5.58. The van der Waals surface area contributed by atoms with Gasteiger partial charge in [0.1, 0.15) is 0 Å². The number of carbonyl (C=O) groups excluding carboxylic acids is 1. The average Bonchev–Trinajstić information content (AvgIpc) is 3.17. The molecule has 1 atom stereocenters. The molecule has 1 amide bonds. The van der Waals surface area contributed by atoms with Gasteiger partial charge in [-0.2, -0.15) is 4.31 Å². The minimum Gasteiger partial charge on any atom is -0.379 e. The Balaban J connectivity index is 1.58. The van der Waals surface area contributed by atoms with Gasteiger partial charge in [-0.25, -0.2) is 8.42 Å². The molecule has 0 spiro atoms. The average molecular weight is 401 g/mol. The van der Waals surface area contributed by atoms with Gasteiger partial charge in [-0.1, -0.05) is 30.3 Å². The van der Waals surface area contributed by atoms with Crippen LogP contribution in [0.3, 0.4) is 0 Å². The molecule has 1 fully saturated rings. The third-order valence-corrected chi connectivity index (χ3v) is 7.47. The van der Waals surface area contributed by atoms with E-state index in [1.54, 1.807) is 30.1 Å². The van der Waals surface area contributed by atoms with Crippen molar-refractivity contribution in [1.82, 2.24) is 9.21 Å². The molecule has 0 radical (unpaired) electrons. The number of benzene rings is 2. The van der Waals surface area contributed by atoms with E-state index >= 15 is 0 Å². The van der Waals surface area contributed by atoms with Gasteiger partial charge in [-0.3, -0.25) is 4.79 Å². The SMILES string of the molecule is CN(C(=O)c1cccc(S(=O)(=O)N2CCOCC2)c1)C1CCc2ccccc21. The summed E-state index contributed by atoms with van der Waals surface area (Å²) >= 11 is 0. The standard InChI is InChI=1S/C21H24N2O4S/c1-22(20-10-9-16-5-2-3-8-19(16)20)21(24)17-6-4-7-18(15-17)28(25,26)23-11-13-27-14-12-23/h2-8,15,20H,9-14H2,1H3. The Morgan fingerprint density at radius 1 is 1.11 bits per heavy atom. The number of nitrogens with zero attached hydrogens (tertiary/aromatic N) is 2. The molecule has 28 heavy (non-hydrogen) atoms. The van der Waals surface area contributed by atoms with Crippen LogP contribution in [-0.4, -0.2) is 56.9 Å². The highest BCUT2D eigenvalue weighted by atomic mass is 32.2. The van der Waals surface area contributed by atoms with Gasteiger partial charge in [0.25, 0.3) is 5.91 Å². The highest BCUT2D eigenvalue weighted by Crippen LogP contribution is 2.35. The summed E-state index contributed by atoms with van der Waals surface area (Å²) in [6.45, 7) is 1.45. The molecule has 1 unspecified atom stereocenters. The van der Waals surface area contributed by atoms with Gasteiger partial charge in [0.15, 0.2) is 0 Å². The predicted molar refractivity (Wildman–Crippen MR) is 106 cm³/mol. The van der Waals surface area contributed by atoms with E-state index < -0.39 is 10.0 Å². The van der Waals surface area contributed by atoms with Gasteiger partial charge in [0.05, 0.1) is 24.2 Å². The van der Waals surface area contributed by atoms with Crippen LogP contribution in [0.2, 0.25) is 0 Å². The molecular weight excluding hydrogens is 376 g/mol. The molecule has 1 aliphatic carbocycles. The quantitative estimate of drug-likeness (QED) is 0.791. The molecule has 0 aromatic heterocycles. The summed E-state index contributed by atoms with van der Waals surface area (Å²) in [6.07, 6.45) is 1.83. The number of hydrogen-bond donors (Lipinski definition) is 0. The van der Waals surface area contributed by atoms with E-state index in [0.29, 0.717) is 31.9 Å². The van der Waals surface area contributed by atoms with Crippen molar-refractivity contribution in [3.63, 3.8) is 0 Å². The minimum atomic E-state index is -3.63. The van der Waals surface area contributed by atoms with Gasteiger partial charge in [0, 0.05) is 25.7 Å². The molecule has 4 rings (SSSR count). The number of fused-ring (bicyclic) bond motifs is 1. The lowest BCUT2D eigenvalue weighted by molar-refractivity contribution is 0.0725. The number of hydrogen-bond acceptors (Lipinski definition) is 4. The summed E-state index contributed by atoms with van der Waals surface area (Å²) in [5.74, 6) is -0.166. The number of aryl methyl sites for hydroxylation is 1. The van der Waals surface area contributed by atoms with Crippen LogP contribution in [0.1, 0.15) is 33.9 Å². The van der Waals surface area contributed by atoms with Crippen LogP contribution in [0.25, 0.3) is 0 Å². The van der Waals surface area contributed by atoms with Crippen molar-refractivity contribution in [1.29, 1.82) is 0 Å². The molecule has 0 bridgehead atoms. The molecule has 2 aliphatic rings. The van der Waals surface area contributed by atoms with E-state index in [1.807, 2.05) is 12.1 Å². The second kappa shape index (κ2) is 7.66.